The van der Waals surface area contributed by atoms with Crippen molar-refractivity contribution >= 4 is 33.4 Å². The molecular weight excluding hydrogens is 336 g/mol. The number of thioether (sulfide) groups is 1. The summed E-state index contributed by atoms with van der Waals surface area (Å²) in [6.07, 6.45) is 4.77. The Balaban J connectivity index is 1.77. The Hall–Kier alpha value is -1.01. The smallest absolute Gasteiger partial charge is 0.191 e. The normalized spacial score (nSPS) is 14.8. The van der Waals surface area contributed by atoms with Crippen molar-refractivity contribution in [2.24, 2.45) is 0 Å². The molecule has 106 valence electrons. The minimum Gasteiger partial charge on any atom is -0.398 e. The molecule has 0 saturated heterocycles. The molecule has 0 bridgehead atoms. The zero-order valence-electron chi connectivity index (χ0n) is 11.2. The van der Waals surface area contributed by atoms with Crippen LogP contribution in [0.3, 0.4) is 0 Å². The number of benzene rings is 1. The first-order valence-corrected chi connectivity index (χ1v) is 8.61. The summed E-state index contributed by atoms with van der Waals surface area (Å²) in [6.45, 7) is 1.04. The van der Waals surface area contributed by atoms with Gasteiger partial charge in [0.15, 0.2) is 5.16 Å². The van der Waals surface area contributed by atoms with Crippen LogP contribution in [0, 0.1) is 0 Å². The van der Waals surface area contributed by atoms with E-state index in [1.807, 2.05) is 18.2 Å². The van der Waals surface area contributed by atoms with Crippen LogP contribution >= 0.6 is 27.7 Å². The largest absolute Gasteiger partial charge is 0.398 e. The summed E-state index contributed by atoms with van der Waals surface area (Å²) in [5.74, 6) is 1.94. The summed E-state index contributed by atoms with van der Waals surface area (Å²) >= 11 is 5.27. The Morgan fingerprint density at radius 2 is 2.15 bits per heavy atom. The second-order valence-corrected chi connectivity index (χ2v) is 6.75. The summed E-state index contributed by atoms with van der Waals surface area (Å²) in [5.41, 5.74) is 7.99. The maximum Gasteiger partial charge on any atom is 0.191 e. The molecule has 1 aliphatic rings. The molecule has 0 spiro atoms. The van der Waals surface area contributed by atoms with Gasteiger partial charge in [-0.25, -0.2) is 0 Å². The highest BCUT2D eigenvalue weighted by Crippen LogP contribution is 2.30. The van der Waals surface area contributed by atoms with Gasteiger partial charge in [0.1, 0.15) is 5.82 Å². The molecule has 0 atom stereocenters. The molecule has 0 unspecified atom stereocenters. The first-order chi connectivity index (χ1) is 9.75. The average molecular weight is 353 g/mol. The van der Waals surface area contributed by atoms with Crippen molar-refractivity contribution in [3.8, 4) is 0 Å². The van der Waals surface area contributed by atoms with Crippen molar-refractivity contribution < 1.29 is 0 Å². The molecular formula is C14H17BrN4S. The van der Waals surface area contributed by atoms with Crippen LogP contribution in [0.4, 0.5) is 5.69 Å². The van der Waals surface area contributed by atoms with Gasteiger partial charge in [-0.3, -0.25) is 0 Å². The molecule has 3 rings (SSSR count). The topological polar surface area (TPSA) is 56.7 Å². The fraction of sp³-hybridized carbons (Fsp3) is 0.429. The standard InChI is InChI=1S/C14H17BrN4S/c15-11-5-4-6-12(16)10(11)9-20-14-18-17-13-7-2-1-3-8-19(13)14/h4-6H,1-3,7-9,16H2. The number of fused-ring (bicyclic) bond motifs is 1. The summed E-state index contributed by atoms with van der Waals surface area (Å²) in [4.78, 5) is 0. The fourth-order valence-electron chi connectivity index (χ4n) is 2.43. The first-order valence-electron chi connectivity index (χ1n) is 6.83. The zero-order chi connectivity index (χ0) is 13.9. The number of rotatable bonds is 3. The van der Waals surface area contributed by atoms with Crippen LogP contribution in [-0.2, 0) is 18.7 Å². The SMILES string of the molecule is Nc1cccc(Br)c1CSc1nnc2n1CCCCC2. The number of aromatic nitrogens is 3. The summed E-state index contributed by atoms with van der Waals surface area (Å²) in [6, 6.07) is 5.91. The predicted molar refractivity (Wildman–Crippen MR) is 85.7 cm³/mol. The molecule has 0 saturated carbocycles. The van der Waals surface area contributed by atoms with E-state index in [0.717, 1.165) is 45.4 Å². The van der Waals surface area contributed by atoms with E-state index in [9.17, 15) is 0 Å². The van der Waals surface area contributed by atoms with Gasteiger partial charge < -0.3 is 10.3 Å². The number of anilines is 1. The maximum atomic E-state index is 6.04. The third-order valence-electron chi connectivity index (χ3n) is 3.58. The third-order valence-corrected chi connectivity index (χ3v) is 5.31. The Morgan fingerprint density at radius 3 is 3.00 bits per heavy atom. The van der Waals surface area contributed by atoms with E-state index in [0.29, 0.717) is 0 Å². The molecule has 2 N–H and O–H groups in total. The molecule has 20 heavy (non-hydrogen) atoms. The Morgan fingerprint density at radius 1 is 1.25 bits per heavy atom. The summed E-state index contributed by atoms with van der Waals surface area (Å²) < 4.78 is 3.32. The lowest BCUT2D eigenvalue weighted by Crippen LogP contribution is -2.02. The second kappa shape index (κ2) is 6.18. The summed E-state index contributed by atoms with van der Waals surface area (Å²) in [5, 5.41) is 9.67. The van der Waals surface area contributed by atoms with E-state index in [1.54, 1.807) is 11.8 Å². The van der Waals surface area contributed by atoms with E-state index >= 15 is 0 Å². The van der Waals surface area contributed by atoms with Gasteiger partial charge in [0.25, 0.3) is 0 Å². The van der Waals surface area contributed by atoms with Crippen LogP contribution in [0.1, 0.15) is 30.7 Å². The van der Waals surface area contributed by atoms with Gasteiger partial charge >= 0.3 is 0 Å². The molecule has 0 amide bonds. The molecule has 4 nitrogen and oxygen atoms in total. The van der Waals surface area contributed by atoms with Crippen LogP contribution in [0.15, 0.2) is 27.8 Å². The Bertz CT molecular complexity index is 591. The third kappa shape index (κ3) is 2.86. The van der Waals surface area contributed by atoms with Crippen molar-refractivity contribution in [3.63, 3.8) is 0 Å². The molecule has 0 radical (unpaired) electrons. The monoisotopic (exact) mass is 352 g/mol. The molecule has 0 fully saturated rings. The van der Waals surface area contributed by atoms with Gasteiger partial charge in [-0.1, -0.05) is 40.2 Å². The lowest BCUT2D eigenvalue weighted by atomic mass is 10.2. The number of nitrogens with two attached hydrogens (primary N) is 1. The van der Waals surface area contributed by atoms with Crippen molar-refractivity contribution in [2.75, 3.05) is 5.73 Å². The highest BCUT2D eigenvalue weighted by atomic mass is 79.9. The van der Waals surface area contributed by atoms with Crippen LogP contribution in [0.5, 0.6) is 0 Å². The van der Waals surface area contributed by atoms with Gasteiger partial charge in [-0.15, -0.1) is 10.2 Å². The van der Waals surface area contributed by atoms with Crippen LogP contribution in [-0.4, -0.2) is 14.8 Å². The minimum absolute atomic E-state index is 0.811. The summed E-state index contributed by atoms with van der Waals surface area (Å²) in [7, 11) is 0. The molecule has 1 aliphatic heterocycles. The first kappa shape index (κ1) is 13.9. The number of nitrogen functional groups attached to an aromatic ring is 1. The molecule has 6 heteroatoms. The predicted octanol–water partition coefficient (Wildman–Crippen LogP) is 3.64. The number of hydrogen-bond donors (Lipinski definition) is 1. The second-order valence-electron chi connectivity index (χ2n) is 4.96. The van der Waals surface area contributed by atoms with Gasteiger partial charge in [-0.2, -0.15) is 0 Å². The van der Waals surface area contributed by atoms with E-state index in [2.05, 4.69) is 30.7 Å². The Kier molecular flexibility index (Phi) is 4.31. The number of nitrogens with zero attached hydrogens (tertiary/aromatic N) is 3. The molecule has 2 heterocycles. The van der Waals surface area contributed by atoms with E-state index < -0.39 is 0 Å². The molecule has 1 aromatic heterocycles. The quantitative estimate of drug-likeness (QED) is 0.676. The van der Waals surface area contributed by atoms with Gasteiger partial charge in [0.05, 0.1) is 0 Å². The van der Waals surface area contributed by atoms with Crippen molar-refractivity contribution in [3.05, 3.63) is 34.1 Å². The lowest BCUT2D eigenvalue weighted by Gasteiger charge is -2.09. The Labute approximate surface area is 131 Å². The van der Waals surface area contributed by atoms with E-state index in [1.165, 1.54) is 19.3 Å². The molecule has 2 aromatic rings. The average Bonchev–Trinajstić information content (AvgIpc) is 2.67. The highest BCUT2D eigenvalue weighted by molar-refractivity contribution is 9.10. The van der Waals surface area contributed by atoms with Crippen LogP contribution in [0.25, 0.3) is 0 Å². The van der Waals surface area contributed by atoms with Crippen LogP contribution < -0.4 is 5.73 Å². The number of aryl methyl sites for hydroxylation is 1. The van der Waals surface area contributed by atoms with Crippen molar-refractivity contribution in [2.45, 2.75) is 43.1 Å². The zero-order valence-corrected chi connectivity index (χ0v) is 13.6. The number of halogens is 1. The fourth-order valence-corrected chi connectivity index (χ4v) is 4.18. The molecule has 0 aliphatic carbocycles. The van der Waals surface area contributed by atoms with Crippen LogP contribution in [0.2, 0.25) is 0 Å². The minimum atomic E-state index is 0.811. The van der Waals surface area contributed by atoms with Gasteiger partial charge in [0, 0.05) is 28.9 Å². The van der Waals surface area contributed by atoms with Gasteiger partial charge in [-0.05, 0) is 30.5 Å². The van der Waals surface area contributed by atoms with Gasteiger partial charge in [0.2, 0.25) is 0 Å². The molecule has 1 aromatic carbocycles. The lowest BCUT2D eigenvalue weighted by molar-refractivity contribution is 0.591. The van der Waals surface area contributed by atoms with Crippen molar-refractivity contribution in [1.29, 1.82) is 0 Å². The van der Waals surface area contributed by atoms with Crippen molar-refractivity contribution in [1.82, 2.24) is 14.8 Å². The highest BCUT2D eigenvalue weighted by Gasteiger charge is 2.15. The van der Waals surface area contributed by atoms with E-state index in [4.69, 9.17) is 5.73 Å². The number of hydrogen-bond acceptors (Lipinski definition) is 4. The van der Waals surface area contributed by atoms with E-state index in [-0.39, 0.29) is 0 Å². The maximum absolute atomic E-state index is 6.04.